The molecule has 1 aromatic carbocycles. The summed E-state index contributed by atoms with van der Waals surface area (Å²) in [7, 11) is 1.69. The smallest absolute Gasteiger partial charge is 0.315 e. The van der Waals surface area contributed by atoms with Gasteiger partial charge in [-0.25, -0.2) is 0 Å². The lowest BCUT2D eigenvalue weighted by molar-refractivity contribution is -0.383. The van der Waals surface area contributed by atoms with Crippen molar-refractivity contribution in [2.24, 2.45) is 0 Å². The molecular formula is C15H25N3O3. The van der Waals surface area contributed by atoms with Crippen LogP contribution in [0.3, 0.4) is 0 Å². The van der Waals surface area contributed by atoms with Crippen molar-refractivity contribution in [3.05, 3.63) is 28.3 Å². The fraction of sp³-hybridized carbons (Fsp3) is 0.600. The van der Waals surface area contributed by atoms with E-state index in [1.807, 2.05) is 13.0 Å². The van der Waals surface area contributed by atoms with E-state index < -0.39 is 0 Å². The van der Waals surface area contributed by atoms with Gasteiger partial charge in [0.25, 0.3) is 0 Å². The Morgan fingerprint density at radius 3 is 2.38 bits per heavy atom. The number of methoxy groups -OCH3 is 1. The summed E-state index contributed by atoms with van der Waals surface area (Å²) in [5, 5.41) is 17.6. The molecular weight excluding hydrogens is 270 g/mol. The number of anilines is 2. The highest BCUT2D eigenvalue weighted by Crippen LogP contribution is 2.32. The molecule has 0 spiro atoms. The molecule has 0 radical (unpaired) electrons. The topological polar surface area (TPSA) is 76.4 Å². The molecule has 0 aromatic heterocycles. The Bertz CT molecular complexity index is 438. The lowest BCUT2D eigenvalue weighted by Crippen LogP contribution is -2.08. The minimum Gasteiger partial charge on any atom is -0.385 e. The predicted molar refractivity (Wildman–Crippen MR) is 86.1 cm³/mol. The number of ether oxygens (including phenoxy) is 1. The van der Waals surface area contributed by atoms with Crippen LogP contribution in [0.25, 0.3) is 0 Å². The van der Waals surface area contributed by atoms with E-state index in [0.717, 1.165) is 45.4 Å². The third kappa shape index (κ3) is 5.99. The van der Waals surface area contributed by atoms with Gasteiger partial charge in [0.2, 0.25) is 0 Å². The number of unbranched alkanes of at least 4 members (excludes halogenated alkanes) is 2. The van der Waals surface area contributed by atoms with E-state index in [9.17, 15) is 10.1 Å². The molecule has 1 aromatic rings. The Labute approximate surface area is 126 Å². The fourth-order valence-corrected chi connectivity index (χ4v) is 2.06. The molecule has 2 N–H and O–H groups in total. The summed E-state index contributed by atoms with van der Waals surface area (Å²) >= 11 is 0. The molecule has 0 fully saturated rings. The fourth-order valence-electron chi connectivity index (χ4n) is 2.06. The van der Waals surface area contributed by atoms with Crippen LogP contribution >= 0.6 is 0 Å². The summed E-state index contributed by atoms with van der Waals surface area (Å²) in [4.78, 5) is 11.0. The summed E-state index contributed by atoms with van der Waals surface area (Å²) in [5.41, 5.74) is 1.28. The maximum Gasteiger partial charge on any atom is 0.315 e. The average molecular weight is 295 g/mol. The van der Waals surface area contributed by atoms with Crippen LogP contribution < -0.4 is 10.6 Å². The Morgan fingerprint density at radius 1 is 1.14 bits per heavy atom. The molecule has 118 valence electrons. The molecule has 0 unspecified atom stereocenters. The number of nitrogens with zero attached hydrogens (tertiary/aromatic N) is 1. The van der Waals surface area contributed by atoms with Gasteiger partial charge in [-0.15, -0.1) is 0 Å². The number of para-hydroxylation sites is 1. The second-order valence-corrected chi connectivity index (χ2v) is 4.87. The van der Waals surface area contributed by atoms with E-state index in [2.05, 4.69) is 10.6 Å². The van der Waals surface area contributed by atoms with Crippen LogP contribution in [-0.4, -0.2) is 31.7 Å². The van der Waals surface area contributed by atoms with Gasteiger partial charge in [0, 0.05) is 26.8 Å². The van der Waals surface area contributed by atoms with E-state index in [0.29, 0.717) is 11.4 Å². The van der Waals surface area contributed by atoms with Crippen molar-refractivity contribution in [1.29, 1.82) is 0 Å². The van der Waals surface area contributed by atoms with Crippen LogP contribution in [-0.2, 0) is 4.74 Å². The average Bonchev–Trinajstić information content (AvgIpc) is 2.48. The zero-order chi connectivity index (χ0) is 15.5. The molecule has 6 heteroatoms. The molecule has 0 aliphatic heterocycles. The first kappa shape index (κ1) is 17.2. The van der Waals surface area contributed by atoms with Gasteiger partial charge in [-0.05, 0) is 37.8 Å². The minimum absolute atomic E-state index is 0.128. The molecule has 0 atom stereocenters. The molecule has 0 bridgehead atoms. The number of nitro benzene ring substituents is 1. The van der Waals surface area contributed by atoms with Crippen molar-refractivity contribution in [1.82, 2.24) is 0 Å². The molecule has 0 saturated carbocycles. The Morgan fingerprint density at radius 2 is 1.81 bits per heavy atom. The van der Waals surface area contributed by atoms with Crippen molar-refractivity contribution in [2.75, 3.05) is 37.4 Å². The highest BCUT2D eigenvalue weighted by Gasteiger charge is 2.18. The predicted octanol–water partition coefficient (Wildman–Crippen LogP) is 3.65. The number of rotatable bonds is 11. The van der Waals surface area contributed by atoms with Crippen molar-refractivity contribution >= 4 is 17.1 Å². The minimum atomic E-state index is -0.328. The van der Waals surface area contributed by atoms with Gasteiger partial charge in [-0.2, -0.15) is 0 Å². The molecule has 0 saturated heterocycles. The molecule has 21 heavy (non-hydrogen) atoms. The first-order valence-electron chi connectivity index (χ1n) is 7.44. The van der Waals surface area contributed by atoms with Gasteiger partial charge >= 0.3 is 5.69 Å². The van der Waals surface area contributed by atoms with Gasteiger partial charge in [-0.1, -0.05) is 13.0 Å². The SMILES string of the molecule is CCCNc1cccc(NCCCCCOC)c1[N+](=O)[O-]. The van der Waals surface area contributed by atoms with Crippen molar-refractivity contribution in [3.8, 4) is 0 Å². The maximum absolute atomic E-state index is 11.3. The molecule has 0 amide bonds. The lowest BCUT2D eigenvalue weighted by Gasteiger charge is -2.11. The summed E-state index contributed by atoms with van der Waals surface area (Å²) in [6.07, 6.45) is 3.95. The largest absolute Gasteiger partial charge is 0.385 e. The first-order valence-corrected chi connectivity index (χ1v) is 7.44. The van der Waals surface area contributed by atoms with Crippen molar-refractivity contribution < 1.29 is 9.66 Å². The van der Waals surface area contributed by atoms with E-state index >= 15 is 0 Å². The zero-order valence-electron chi connectivity index (χ0n) is 12.9. The third-order valence-electron chi connectivity index (χ3n) is 3.12. The van der Waals surface area contributed by atoms with E-state index in [4.69, 9.17) is 4.74 Å². The number of benzene rings is 1. The van der Waals surface area contributed by atoms with Crippen LogP contribution in [0.15, 0.2) is 18.2 Å². The Hall–Kier alpha value is -1.82. The van der Waals surface area contributed by atoms with E-state index in [1.54, 1.807) is 19.2 Å². The van der Waals surface area contributed by atoms with Crippen LogP contribution in [0, 0.1) is 10.1 Å². The third-order valence-corrected chi connectivity index (χ3v) is 3.12. The normalized spacial score (nSPS) is 10.4. The number of hydrogen-bond acceptors (Lipinski definition) is 5. The quantitative estimate of drug-likeness (QED) is 0.370. The van der Waals surface area contributed by atoms with Gasteiger partial charge in [0.05, 0.1) is 4.92 Å². The van der Waals surface area contributed by atoms with E-state index in [-0.39, 0.29) is 10.6 Å². The highest BCUT2D eigenvalue weighted by molar-refractivity contribution is 5.76. The van der Waals surface area contributed by atoms with Crippen LogP contribution in [0.4, 0.5) is 17.1 Å². The summed E-state index contributed by atoms with van der Waals surface area (Å²) in [6, 6.07) is 5.33. The molecule has 1 rings (SSSR count). The second-order valence-electron chi connectivity index (χ2n) is 4.87. The molecule has 0 heterocycles. The van der Waals surface area contributed by atoms with Crippen LogP contribution in [0.2, 0.25) is 0 Å². The van der Waals surface area contributed by atoms with Crippen molar-refractivity contribution in [2.45, 2.75) is 32.6 Å². The van der Waals surface area contributed by atoms with Gasteiger partial charge in [0.1, 0.15) is 11.4 Å². The number of hydrogen-bond donors (Lipinski definition) is 2. The van der Waals surface area contributed by atoms with Gasteiger partial charge < -0.3 is 15.4 Å². The summed E-state index contributed by atoms with van der Waals surface area (Å²) in [5.74, 6) is 0. The number of nitro groups is 1. The summed E-state index contributed by atoms with van der Waals surface area (Å²) < 4.78 is 4.99. The molecule has 0 aliphatic rings. The van der Waals surface area contributed by atoms with Crippen LogP contribution in [0.1, 0.15) is 32.6 Å². The Balaban J connectivity index is 2.61. The van der Waals surface area contributed by atoms with Gasteiger partial charge in [0.15, 0.2) is 0 Å². The van der Waals surface area contributed by atoms with Gasteiger partial charge in [-0.3, -0.25) is 10.1 Å². The molecule has 0 aliphatic carbocycles. The monoisotopic (exact) mass is 295 g/mol. The standard InChI is InChI=1S/C15H25N3O3/c1-3-10-16-13-8-7-9-14(15(13)18(19)20)17-11-5-4-6-12-21-2/h7-9,16-17H,3-6,10-12H2,1-2H3. The Kier molecular flexibility index (Phi) is 8.19. The zero-order valence-corrected chi connectivity index (χ0v) is 12.9. The first-order chi connectivity index (χ1) is 10.2. The molecule has 6 nitrogen and oxygen atoms in total. The van der Waals surface area contributed by atoms with E-state index in [1.165, 1.54) is 0 Å². The van der Waals surface area contributed by atoms with Crippen molar-refractivity contribution in [3.63, 3.8) is 0 Å². The number of nitrogens with one attached hydrogen (secondary N) is 2. The lowest BCUT2D eigenvalue weighted by atomic mass is 10.2. The summed E-state index contributed by atoms with van der Waals surface area (Å²) in [6.45, 7) is 4.24. The second kappa shape index (κ2) is 9.99. The maximum atomic E-state index is 11.3. The van der Waals surface area contributed by atoms with Crippen LogP contribution in [0.5, 0.6) is 0 Å². The highest BCUT2D eigenvalue weighted by atomic mass is 16.6.